The minimum absolute atomic E-state index is 0.321. The van der Waals surface area contributed by atoms with E-state index in [4.69, 9.17) is 5.11 Å². The van der Waals surface area contributed by atoms with E-state index in [0.717, 1.165) is 12.3 Å². The van der Waals surface area contributed by atoms with Crippen molar-refractivity contribution >= 4 is 0 Å². The molecule has 1 saturated carbocycles. The van der Waals surface area contributed by atoms with Crippen LogP contribution in [0.1, 0.15) is 25.7 Å². The second-order valence-electron chi connectivity index (χ2n) is 3.10. The summed E-state index contributed by atoms with van der Waals surface area (Å²) in [4.78, 5) is 0. The van der Waals surface area contributed by atoms with Gasteiger partial charge in [0.15, 0.2) is 0 Å². The molecule has 2 N–H and O–H groups in total. The predicted molar refractivity (Wildman–Crippen MR) is 41.9 cm³/mol. The van der Waals surface area contributed by atoms with E-state index in [1.807, 2.05) is 7.05 Å². The van der Waals surface area contributed by atoms with E-state index >= 15 is 0 Å². The first kappa shape index (κ1) is 8.02. The summed E-state index contributed by atoms with van der Waals surface area (Å²) >= 11 is 0. The summed E-state index contributed by atoms with van der Waals surface area (Å²) in [6.45, 7) is 0.321. The van der Waals surface area contributed by atoms with Crippen LogP contribution in [0.4, 0.5) is 0 Å². The monoisotopic (exact) mass is 143 g/mol. The quantitative estimate of drug-likeness (QED) is 0.609. The molecule has 1 fully saturated rings. The topological polar surface area (TPSA) is 32.3 Å². The van der Waals surface area contributed by atoms with Crippen molar-refractivity contribution < 1.29 is 5.11 Å². The Morgan fingerprint density at radius 3 is 2.60 bits per heavy atom. The zero-order valence-electron chi connectivity index (χ0n) is 6.64. The lowest BCUT2D eigenvalue weighted by Gasteiger charge is -2.33. The molecule has 0 aromatic carbocycles. The lowest BCUT2D eigenvalue weighted by molar-refractivity contribution is 0.189. The van der Waals surface area contributed by atoms with Crippen LogP contribution in [0, 0.1) is 5.92 Å². The summed E-state index contributed by atoms with van der Waals surface area (Å²) < 4.78 is 0. The molecule has 1 atom stereocenters. The largest absolute Gasteiger partial charge is 0.396 e. The SMILES string of the molecule is CNC(CCO)C1CCC1. The van der Waals surface area contributed by atoms with Crippen molar-refractivity contribution in [3.05, 3.63) is 0 Å². The fourth-order valence-electron chi connectivity index (χ4n) is 1.60. The Balaban J connectivity index is 2.17. The standard InChI is InChI=1S/C8H17NO/c1-9-8(5-6-10)7-3-2-4-7/h7-10H,2-6H2,1H3. The molecule has 60 valence electrons. The summed E-state index contributed by atoms with van der Waals surface area (Å²) in [5.74, 6) is 0.845. The maximum Gasteiger partial charge on any atom is 0.0445 e. The van der Waals surface area contributed by atoms with Gasteiger partial charge in [0, 0.05) is 12.6 Å². The van der Waals surface area contributed by atoms with Crippen LogP contribution in [0.5, 0.6) is 0 Å². The van der Waals surface area contributed by atoms with Crippen molar-refractivity contribution in [3.63, 3.8) is 0 Å². The van der Waals surface area contributed by atoms with Gasteiger partial charge in [-0.2, -0.15) is 0 Å². The van der Waals surface area contributed by atoms with Gasteiger partial charge in [-0.1, -0.05) is 6.42 Å². The highest BCUT2D eigenvalue weighted by atomic mass is 16.3. The smallest absolute Gasteiger partial charge is 0.0445 e. The van der Waals surface area contributed by atoms with Crippen molar-refractivity contribution in [2.45, 2.75) is 31.7 Å². The number of rotatable bonds is 4. The van der Waals surface area contributed by atoms with Gasteiger partial charge in [-0.05, 0) is 32.2 Å². The molecule has 0 spiro atoms. The molecule has 1 rings (SSSR count). The Kier molecular flexibility index (Phi) is 3.16. The van der Waals surface area contributed by atoms with E-state index in [1.165, 1.54) is 19.3 Å². The summed E-state index contributed by atoms with van der Waals surface area (Å²) in [5.41, 5.74) is 0. The van der Waals surface area contributed by atoms with Crippen LogP contribution in [-0.4, -0.2) is 24.8 Å². The summed E-state index contributed by atoms with van der Waals surface area (Å²) in [6.07, 6.45) is 5.01. The van der Waals surface area contributed by atoms with Crippen LogP contribution in [0.15, 0.2) is 0 Å². The maximum absolute atomic E-state index is 8.70. The number of nitrogens with one attached hydrogen (secondary N) is 1. The molecular weight excluding hydrogens is 126 g/mol. The third kappa shape index (κ3) is 1.70. The summed E-state index contributed by atoms with van der Waals surface area (Å²) in [5, 5.41) is 11.9. The number of aliphatic hydroxyl groups excluding tert-OH is 1. The second-order valence-corrected chi connectivity index (χ2v) is 3.10. The average Bonchev–Trinajstić information content (AvgIpc) is 1.83. The van der Waals surface area contributed by atoms with Gasteiger partial charge >= 0.3 is 0 Å². The number of hydrogen-bond acceptors (Lipinski definition) is 2. The third-order valence-corrected chi connectivity index (χ3v) is 2.53. The molecule has 1 unspecified atom stereocenters. The molecule has 10 heavy (non-hydrogen) atoms. The van der Waals surface area contributed by atoms with Crippen LogP contribution in [-0.2, 0) is 0 Å². The molecule has 1 aliphatic rings. The fraction of sp³-hybridized carbons (Fsp3) is 1.00. The molecule has 2 heteroatoms. The van der Waals surface area contributed by atoms with Gasteiger partial charge in [-0.15, -0.1) is 0 Å². The predicted octanol–water partition coefficient (Wildman–Crippen LogP) is 0.757. The van der Waals surface area contributed by atoms with Gasteiger partial charge in [0.25, 0.3) is 0 Å². The lowest BCUT2D eigenvalue weighted by atomic mass is 9.79. The molecular formula is C8H17NO. The first-order chi connectivity index (χ1) is 4.88. The van der Waals surface area contributed by atoms with Gasteiger partial charge in [-0.3, -0.25) is 0 Å². The van der Waals surface area contributed by atoms with Gasteiger partial charge in [0.05, 0.1) is 0 Å². The van der Waals surface area contributed by atoms with E-state index in [9.17, 15) is 0 Å². The lowest BCUT2D eigenvalue weighted by Crippen LogP contribution is -2.37. The van der Waals surface area contributed by atoms with E-state index in [1.54, 1.807) is 0 Å². The molecule has 0 heterocycles. The van der Waals surface area contributed by atoms with E-state index in [-0.39, 0.29) is 0 Å². The molecule has 2 nitrogen and oxygen atoms in total. The number of aliphatic hydroxyl groups is 1. The average molecular weight is 143 g/mol. The van der Waals surface area contributed by atoms with E-state index in [2.05, 4.69) is 5.32 Å². The molecule has 0 saturated heterocycles. The summed E-state index contributed by atoms with van der Waals surface area (Å²) in [6, 6.07) is 0.568. The molecule has 0 bridgehead atoms. The molecule has 0 aromatic rings. The molecule has 0 aliphatic heterocycles. The fourth-order valence-corrected chi connectivity index (χ4v) is 1.60. The van der Waals surface area contributed by atoms with Gasteiger partial charge in [0.1, 0.15) is 0 Å². The highest BCUT2D eigenvalue weighted by Gasteiger charge is 2.25. The maximum atomic E-state index is 8.70. The molecule has 0 aromatic heterocycles. The highest BCUT2D eigenvalue weighted by Crippen LogP contribution is 2.30. The van der Waals surface area contributed by atoms with Crippen LogP contribution in [0.3, 0.4) is 0 Å². The molecule has 0 amide bonds. The van der Waals surface area contributed by atoms with Crippen molar-refractivity contribution in [1.29, 1.82) is 0 Å². The first-order valence-corrected chi connectivity index (χ1v) is 4.16. The molecule has 0 radical (unpaired) electrons. The van der Waals surface area contributed by atoms with Gasteiger partial charge in [0.2, 0.25) is 0 Å². The Hall–Kier alpha value is -0.0800. The molecule has 1 aliphatic carbocycles. The highest BCUT2D eigenvalue weighted by molar-refractivity contribution is 4.81. The Morgan fingerprint density at radius 1 is 1.60 bits per heavy atom. The van der Waals surface area contributed by atoms with Crippen LogP contribution >= 0.6 is 0 Å². The Labute approximate surface area is 62.6 Å². The van der Waals surface area contributed by atoms with Crippen LogP contribution < -0.4 is 5.32 Å². The zero-order valence-corrected chi connectivity index (χ0v) is 6.64. The van der Waals surface area contributed by atoms with Crippen molar-refractivity contribution in [2.75, 3.05) is 13.7 Å². The van der Waals surface area contributed by atoms with E-state index in [0.29, 0.717) is 12.6 Å². The minimum Gasteiger partial charge on any atom is -0.396 e. The van der Waals surface area contributed by atoms with Gasteiger partial charge in [-0.25, -0.2) is 0 Å². The Bertz CT molecular complexity index is 91.3. The minimum atomic E-state index is 0.321. The zero-order chi connectivity index (χ0) is 7.40. The van der Waals surface area contributed by atoms with Crippen LogP contribution in [0.25, 0.3) is 0 Å². The van der Waals surface area contributed by atoms with Crippen molar-refractivity contribution in [1.82, 2.24) is 5.32 Å². The van der Waals surface area contributed by atoms with Gasteiger partial charge < -0.3 is 10.4 Å². The first-order valence-electron chi connectivity index (χ1n) is 4.16. The van der Waals surface area contributed by atoms with E-state index < -0.39 is 0 Å². The normalized spacial score (nSPS) is 22.2. The third-order valence-electron chi connectivity index (χ3n) is 2.53. The van der Waals surface area contributed by atoms with Crippen molar-refractivity contribution in [3.8, 4) is 0 Å². The van der Waals surface area contributed by atoms with Crippen LogP contribution in [0.2, 0.25) is 0 Å². The second kappa shape index (κ2) is 3.94. The number of hydrogen-bond donors (Lipinski definition) is 2. The van der Waals surface area contributed by atoms with Crippen molar-refractivity contribution in [2.24, 2.45) is 5.92 Å². The Morgan fingerprint density at radius 2 is 2.30 bits per heavy atom. The summed E-state index contributed by atoms with van der Waals surface area (Å²) in [7, 11) is 1.98.